The zero-order valence-electron chi connectivity index (χ0n) is 11.7. The SMILES string of the molecule is Cc1ccc2[nH]c(=O)cc(OC(=O)c3ccc(Cl)cc3)c2c1. The van der Waals surface area contributed by atoms with Crippen molar-refractivity contribution in [3.05, 3.63) is 75.0 Å². The second-order valence-electron chi connectivity index (χ2n) is 4.94. The first kappa shape index (κ1) is 14.4. The molecule has 1 aromatic heterocycles. The van der Waals surface area contributed by atoms with Crippen molar-refractivity contribution in [3.63, 3.8) is 0 Å². The van der Waals surface area contributed by atoms with Gasteiger partial charge >= 0.3 is 5.97 Å². The minimum atomic E-state index is -0.537. The molecule has 0 saturated heterocycles. The Kier molecular flexibility index (Phi) is 3.69. The predicted molar refractivity (Wildman–Crippen MR) is 85.7 cm³/mol. The summed E-state index contributed by atoms with van der Waals surface area (Å²) in [5, 5.41) is 1.22. The number of aromatic nitrogens is 1. The summed E-state index contributed by atoms with van der Waals surface area (Å²) in [7, 11) is 0. The van der Waals surface area contributed by atoms with Crippen LogP contribution in [-0.2, 0) is 0 Å². The number of carbonyl (C=O) groups is 1. The van der Waals surface area contributed by atoms with Crippen molar-refractivity contribution in [1.82, 2.24) is 4.98 Å². The van der Waals surface area contributed by atoms with Crippen LogP contribution in [0.25, 0.3) is 10.9 Å². The number of hydrogen-bond acceptors (Lipinski definition) is 3. The summed E-state index contributed by atoms with van der Waals surface area (Å²) in [6.45, 7) is 1.93. The van der Waals surface area contributed by atoms with Gasteiger partial charge in [0, 0.05) is 16.5 Å². The molecule has 0 saturated carbocycles. The van der Waals surface area contributed by atoms with Gasteiger partial charge in [-0.15, -0.1) is 0 Å². The number of aromatic amines is 1. The van der Waals surface area contributed by atoms with E-state index in [-0.39, 0.29) is 11.3 Å². The molecule has 2 aromatic carbocycles. The van der Waals surface area contributed by atoms with Crippen LogP contribution < -0.4 is 10.3 Å². The fourth-order valence-corrected chi connectivity index (χ4v) is 2.29. The van der Waals surface area contributed by atoms with E-state index in [9.17, 15) is 9.59 Å². The van der Waals surface area contributed by atoms with Gasteiger partial charge in [0.2, 0.25) is 0 Å². The highest BCUT2D eigenvalue weighted by Crippen LogP contribution is 2.24. The van der Waals surface area contributed by atoms with Crippen LogP contribution in [0.15, 0.2) is 53.3 Å². The standard InChI is InChI=1S/C17H12ClNO3/c1-10-2-7-14-13(8-10)15(9-16(20)19-14)22-17(21)11-3-5-12(18)6-4-11/h2-9H,1H3,(H,19,20). The summed E-state index contributed by atoms with van der Waals surface area (Å²) in [5.41, 5.74) is 1.67. The van der Waals surface area contributed by atoms with E-state index >= 15 is 0 Å². The number of carbonyl (C=O) groups excluding carboxylic acids is 1. The second kappa shape index (κ2) is 5.66. The largest absolute Gasteiger partial charge is 0.422 e. The Hall–Kier alpha value is -2.59. The lowest BCUT2D eigenvalue weighted by molar-refractivity contribution is 0.0737. The quantitative estimate of drug-likeness (QED) is 0.734. The Balaban J connectivity index is 2.03. The maximum absolute atomic E-state index is 12.2. The van der Waals surface area contributed by atoms with Crippen molar-refractivity contribution >= 4 is 28.5 Å². The number of pyridine rings is 1. The summed E-state index contributed by atoms with van der Waals surface area (Å²) in [6.07, 6.45) is 0. The molecular weight excluding hydrogens is 302 g/mol. The van der Waals surface area contributed by atoms with Crippen molar-refractivity contribution in [2.24, 2.45) is 0 Å². The van der Waals surface area contributed by atoms with Crippen LogP contribution in [0.3, 0.4) is 0 Å². The number of H-pyrrole nitrogens is 1. The number of esters is 1. The van der Waals surface area contributed by atoms with E-state index in [0.29, 0.717) is 21.5 Å². The zero-order valence-corrected chi connectivity index (χ0v) is 12.5. The molecule has 0 atom stereocenters. The fraction of sp³-hybridized carbons (Fsp3) is 0.0588. The highest BCUT2D eigenvalue weighted by molar-refractivity contribution is 6.30. The number of ether oxygens (including phenoxy) is 1. The first-order valence-corrected chi connectivity index (χ1v) is 7.02. The minimum Gasteiger partial charge on any atom is -0.422 e. The highest BCUT2D eigenvalue weighted by atomic mass is 35.5. The van der Waals surface area contributed by atoms with Gasteiger partial charge in [-0.05, 0) is 43.3 Å². The van der Waals surface area contributed by atoms with Gasteiger partial charge in [0.15, 0.2) is 0 Å². The van der Waals surface area contributed by atoms with E-state index < -0.39 is 5.97 Å². The Bertz CT molecular complexity index is 913. The molecule has 5 heteroatoms. The van der Waals surface area contributed by atoms with Crippen LogP contribution in [0, 0.1) is 6.92 Å². The smallest absolute Gasteiger partial charge is 0.343 e. The number of aryl methyl sites for hydroxylation is 1. The van der Waals surface area contributed by atoms with Gasteiger partial charge in [-0.25, -0.2) is 4.79 Å². The van der Waals surface area contributed by atoms with Crippen LogP contribution >= 0.6 is 11.6 Å². The molecule has 110 valence electrons. The van der Waals surface area contributed by atoms with Crippen LogP contribution in [-0.4, -0.2) is 11.0 Å². The number of halogens is 1. The molecule has 0 radical (unpaired) electrons. The monoisotopic (exact) mass is 313 g/mol. The molecule has 0 fully saturated rings. The second-order valence-corrected chi connectivity index (χ2v) is 5.38. The van der Waals surface area contributed by atoms with Gasteiger partial charge in [0.05, 0.1) is 11.1 Å². The van der Waals surface area contributed by atoms with Crippen molar-refractivity contribution in [1.29, 1.82) is 0 Å². The van der Waals surface area contributed by atoms with Crippen LogP contribution in [0.2, 0.25) is 5.02 Å². The molecule has 0 amide bonds. The van der Waals surface area contributed by atoms with E-state index in [1.54, 1.807) is 30.3 Å². The van der Waals surface area contributed by atoms with Crippen molar-refractivity contribution in [2.75, 3.05) is 0 Å². The molecule has 3 rings (SSSR count). The van der Waals surface area contributed by atoms with Crippen molar-refractivity contribution in [2.45, 2.75) is 6.92 Å². The van der Waals surface area contributed by atoms with Crippen molar-refractivity contribution in [3.8, 4) is 5.75 Å². The molecule has 0 aliphatic heterocycles. The average Bonchev–Trinajstić information content (AvgIpc) is 2.48. The molecule has 0 unspecified atom stereocenters. The molecule has 4 nitrogen and oxygen atoms in total. The van der Waals surface area contributed by atoms with Gasteiger partial charge in [-0.3, -0.25) is 4.79 Å². The lowest BCUT2D eigenvalue weighted by atomic mass is 10.1. The number of benzene rings is 2. The Labute approximate surface area is 131 Å². The molecule has 3 aromatic rings. The van der Waals surface area contributed by atoms with E-state index in [1.165, 1.54) is 6.07 Å². The van der Waals surface area contributed by atoms with E-state index in [1.807, 2.05) is 19.1 Å². The molecular formula is C17H12ClNO3. The van der Waals surface area contributed by atoms with Gasteiger partial charge in [-0.1, -0.05) is 23.2 Å². The molecule has 1 heterocycles. The maximum atomic E-state index is 12.2. The van der Waals surface area contributed by atoms with E-state index in [2.05, 4.69) is 4.98 Å². The summed E-state index contributed by atoms with van der Waals surface area (Å²) < 4.78 is 5.39. The number of fused-ring (bicyclic) bond motifs is 1. The Morgan fingerprint density at radius 3 is 2.55 bits per heavy atom. The third-order valence-corrected chi connectivity index (χ3v) is 3.50. The van der Waals surface area contributed by atoms with Crippen LogP contribution in [0.5, 0.6) is 5.75 Å². The highest BCUT2D eigenvalue weighted by Gasteiger charge is 2.12. The third kappa shape index (κ3) is 2.87. The lowest BCUT2D eigenvalue weighted by Crippen LogP contribution is -2.12. The molecule has 0 aliphatic carbocycles. The fourth-order valence-electron chi connectivity index (χ4n) is 2.17. The van der Waals surface area contributed by atoms with Gasteiger partial charge in [0.25, 0.3) is 5.56 Å². The Morgan fingerprint density at radius 1 is 1.09 bits per heavy atom. The van der Waals surface area contributed by atoms with Crippen molar-refractivity contribution < 1.29 is 9.53 Å². The first-order valence-electron chi connectivity index (χ1n) is 6.64. The number of nitrogens with one attached hydrogen (secondary N) is 1. The molecule has 0 spiro atoms. The number of hydrogen-bond donors (Lipinski definition) is 1. The van der Waals surface area contributed by atoms with Gasteiger partial charge < -0.3 is 9.72 Å². The third-order valence-electron chi connectivity index (χ3n) is 3.24. The van der Waals surface area contributed by atoms with E-state index in [4.69, 9.17) is 16.3 Å². The Morgan fingerprint density at radius 2 is 1.82 bits per heavy atom. The van der Waals surface area contributed by atoms with Crippen LogP contribution in [0.4, 0.5) is 0 Å². The molecule has 0 aliphatic rings. The predicted octanol–water partition coefficient (Wildman–Crippen LogP) is 3.71. The number of rotatable bonds is 2. The topological polar surface area (TPSA) is 59.2 Å². The maximum Gasteiger partial charge on any atom is 0.343 e. The molecule has 0 bridgehead atoms. The summed E-state index contributed by atoms with van der Waals surface area (Å²) in [6, 6.07) is 13.2. The minimum absolute atomic E-state index is 0.238. The normalized spacial score (nSPS) is 10.6. The first-order chi connectivity index (χ1) is 10.5. The summed E-state index contributed by atoms with van der Waals surface area (Å²) in [5.74, 6) is -0.299. The average molecular weight is 314 g/mol. The van der Waals surface area contributed by atoms with Crippen LogP contribution in [0.1, 0.15) is 15.9 Å². The zero-order chi connectivity index (χ0) is 15.7. The lowest BCUT2D eigenvalue weighted by Gasteiger charge is -2.08. The summed E-state index contributed by atoms with van der Waals surface area (Å²) >= 11 is 5.80. The summed E-state index contributed by atoms with van der Waals surface area (Å²) in [4.78, 5) is 26.6. The van der Waals surface area contributed by atoms with E-state index in [0.717, 1.165) is 5.56 Å². The van der Waals surface area contributed by atoms with Gasteiger partial charge in [0.1, 0.15) is 5.75 Å². The van der Waals surface area contributed by atoms with Gasteiger partial charge in [-0.2, -0.15) is 0 Å². The molecule has 1 N–H and O–H groups in total. The molecule has 22 heavy (non-hydrogen) atoms.